The average Bonchev–Trinajstić information content (AvgIpc) is 3.01. The van der Waals surface area contributed by atoms with E-state index in [1.807, 2.05) is 36.3 Å². The molecule has 0 atom stereocenters. The highest BCUT2D eigenvalue weighted by Gasteiger charge is 2.10. The Morgan fingerprint density at radius 3 is 2.95 bits per heavy atom. The Bertz CT molecular complexity index is 576. The zero-order valence-corrected chi connectivity index (χ0v) is 13.4. The van der Waals surface area contributed by atoms with Crippen LogP contribution in [0.3, 0.4) is 0 Å². The standard InChI is InChI=1S/C13H18ClN5S/c1-15-13(17-7-12-16-4-5-20-12)19(3)9-11-6-10(14)8-18(11)2/h4-6,8H,7,9H2,1-3H3,(H,15,17). The minimum Gasteiger partial charge on any atom is -0.351 e. The van der Waals surface area contributed by atoms with Crippen LogP contribution >= 0.6 is 22.9 Å². The van der Waals surface area contributed by atoms with E-state index in [1.165, 1.54) is 0 Å². The van der Waals surface area contributed by atoms with Gasteiger partial charge in [0.25, 0.3) is 0 Å². The van der Waals surface area contributed by atoms with Crippen LogP contribution in [0.2, 0.25) is 5.02 Å². The summed E-state index contributed by atoms with van der Waals surface area (Å²) in [5, 5.41) is 7.06. The summed E-state index contributed by atoms with van der Waals surface area (Å²) in [6.45, 7) is 1.42. The molecule has 0 spiro atoms. The quantitative estimate of drug-likeness (QED) is 0.696. The van der Waals surface area contributed by atoms with Gasteiger partial charge in [-0.05, 0) is 6.07 Å². The Kier molecular flexibility index (Phi) is 5.03. The molecule has 0 unspecified atom stereocenters. The number of hydrogen-bond donors (Lipinski definition) is 1. The van der Waals surface area contributed by atoms with E-state index >= 15 is 0 Å². The van der Waals surface area contributed by atoms with E-state index in [0.717, 1.165) is 28.2 Å². The number of nitrogens with zero attached hydrogens (tertiary/aromatic N) is 4. The zero-order valence-electron chi connectivity index (χ0n) is 11.8. The van der Waals surface area contributed by atoms with Gasteiger partial charge in [-0.15, -0.1) is 11.3 Å². The summed E-state index contributed by atoms with van der Waals surface area (Å²) in [5.41, 5.74) is 1.13. The monoisotopic (exact) mass is 311 g/mol. The molecule has 2 heterocycles. The van der Waals surface area contributed by atoms with Gasteiger partial charge in [0, 0.05) is 44.6 Å². The first-order valence-corrected chi connectivity index (χ1v) is 7.47. The summed E-state index contributed by atoms with van der Waals surface area (Å²) in [4.78, 5) is 10.6. The molecule has 7 heteroatoms. The van der Waals surface area contributed by atoms with E-state index < -0.39 is 0 Å². The molecule has 0 saturated carbocycles. The van der Waals surface area contributed by atoms with Crippen LogP contribution in [0.5, 0.6) is 0 Å². The van der Waals surface area contributed by atoms with Crippen LogP contribution < -0.4 is 5.32 Å². The van der Waals surface area contributed by atoms with Gasteiger partial charge in [-0.3, -0.25) is 4.99 Å². The Morgan fingerprint density at radius 2 is 2.40 bits per heavy atom. The van der Waals surface area contributed by atoms with Crippen molar-refractivity contribution in [2.24, 2.45) is 12.0 Å². The number of rotatable bonds is 4. The molecule has 0 aliphatic rings. The van der Waals surface area contributed by atoms with Crippen molar-refractivity contribution in [1.29, 1.82) is 0 Å². The van der Waals surface area contributed by atoms with E-state index in [2.05, 4.69) is 20.2 Å². The molecule has 2 rings (SSSR count). The zero-order chi connectivity index (χ0) is 14.5. The first-order chi connectivity index (χ1) is 9.60. The number of nitrogens with one attached hydrogen (secondary N) is 1. The van der Waals surface area contributed by atoms with Gasteiger partial charge in [-0.25, -0.2) is 4.98 Å². The fourth-order valence-corrected chi connectivity index (χ4v) is 2.75. The second-order valence-electron chi connectivity index (χ2n) is 4.44. The number of thiazole rings is 1. The van der Waals surface area contributed by atoms with Crippen molar-refractivity contribution >= 4 is 28.9 Å². The molecule has 20 heavy (non-hydrogen) atoms. The number of aromatic nitrogens is 2. The van der Waals surface area contributed by atoms with E-state index in [1.54, 1.807) is 24.6 Å². The molecule has 0 aromatic carbocycles. The first kappa shape index (κ1) is 14.9. The number of guanidine groups is 1. The Labute approximate surface area is 127 Å². The third-order valence-electron chi connectivity index (χ3n) is 2.93. The highest BCUT2D eigenvalue weighted by molar-refractivity contribution is 7.09. The maximum absolute atomic E-state index is 6.00. The lowest BCUT2D eigenvalue weighted by atomic mass is 10.4. The second kappa shape index (κ2) is 6.76. The lowest BCUT2D eigenvalue weighted by molar-refractivity contribution is 0.461. The molecule has 0 aliphatic carbocycles. The SMILES string of the molecule is CN=C(NCc1nccs1)N(C)Cc1cc(Cl)cn1C. The highest BCUT2D eigenvalue weighted by atomic mass is 35.5. The molecule has 0 saturated heterocycles. The normalized spacial score (nSPS) is 11.7. The Morgan fingerprint density at radius 1 is 1.60 bits per heavy atom. The van der Waals surface area contributed by atoms with Crippen LogP contribution in [0.15, 0.2) is 28.8 Å². The number of aliphatic imine (C=N–C) groups is 1. The van der Waals surface area contributed by atoms with Gasteiger partial charge < -0.3 is 14.8 Å². The predicted molar refractivity (Wildman–Crippen MR) is 84.2 cm³/mol. The summed E-state index contributed by atoms with van der Waals surface area (Å²) < 4.78 is 2.02. The van der Waals surface area contributed by atoms with Crippen molar-refractivity contribution in [2.75, 3.05) is 14.1 Å². The lowest BCUT2D eigenvalue weighted by Crippen LogP contribution is -2.38. The molecular weight excluding hydrogens is 294 g/mol. The Balaban J connectivity index is 1.95. The molecule has 0 bridgehead atoms. The molecule has 0 radical (unpaired) electrons. The minimum absolute atomic E-state index is 0.683. The fourth-order valence-electron chi connectivity index (χ4n) is 1.92. The van der Waals surface area contributed by atoms with Crippen LogP contribution in [0, 0.1) is 0 Å². The van der Waals surface area contributed by atoms with Gasteiger partial charge in [-0.1, -0.05) is 11.6 Å². The lowest BCUT2D eigenvalue weighted by Gasteiger charge is -2.22. The van der Waals surface area contributed by atoms with Crippen molar-refractivity contribution < 1.29 is 0 Å². The second-order valence-corrected chi connectivity index (χ2v) is 5.86. The van der Waals surface area contributed by atoms with E-state index in [0.29, 0.717) is 6.54 Å². The molecule has 0 fully saturated rings. The van der Waals surface area contributed by atoms with E-state index in [9.17, 15) is 0 Å². The Hall–Kier alpha value is -1.53. The van der Waals surface area contributed by atoms with Crippen molar-refractivity contribution in [3.8, 4) is 0 Å². The molecule has 1 N–H and O–H groups in total. The van der Waals surface area contributed by atoms with Crippen LogP contribution in [-0.2, 0) is 20.1 Å². The fraction of sp³-hybridized carbons (Fsp3) is 0.385. The maximum Gasteiger partial charge on any atom is 0.194 e. The molecule has 0 aliphatic heterocycles. The summed E-state index contributed by atoms with van der Waals surface area (Å²) in [5.74, 6) is 0.831. The highest BCUT2D eigenvalue weighted by Crippen LogP contribution is 2.14. The van der Waals surface area contributed by atoms with Crippen LogP contribution in [0.1, 0.15) is 10.7 Å². The molecule has 5 nitrogen and oxygen atoms in total. The van der Waals surface area contributed by atoms with E-state index in [-0.39, 0.29) is 0 Å². The third-order valence-corrected chi connectivity index (χ3v) is 3.91. The largest absolute Gasteiger partial charge is 0.351 e. The van der Waals surface area contributed by atoms with Crippen LogP contribution in [0.25, 0.3) is 0 Å². The van der Waals surface area contributed by atoms with Crippen molar-refractivity contribution in [1.82, 2.24) is 19.8 Å². The smallest absolute Gasteiger partial charge is 0.194 e. The van der Waals surface area contributed by atoms with Gasteiger partial charge in [0.1, 0.15) is 5.01 Å². The molecule has 2 aromatic rings. The topological polar surface area (TPSA) is 45.5 Å². The molecule has 2 aromatic heterocycles. The minimum atomic E-state index is 0.683. The third kappa shape index (κ3) is 3.74. The van der Waals surface area contributed by atoms with Crippen LogP contribution in [-0.4, -0.2) is 34.5 Å². The molecular formula is C13H18ClN5S. The summed E-state index contributed by atoms with van der Waals surface area (Å²) in [7, 11) is 5.76. The van der Waals surface area contributed by atoms with Gasteiger partial charge in [0.2, 0.25) is 0 Å². The summed E-state index contributed by atoms with van der Waals surface area (Å²) >= 11 is 7.63. The van der Waals surface area contributed by atoms with Crippen molar-refractivity contribution in [3.05, 3.63) is 39.6 Å². The average molecular weight is 312 g/mol. The van der Waals surface area contributed by atoms with E-state index in [4.69, 9.17) is 11.6 Å². The van der Waals surface area contributed by atoms with Crippen molar-refractivity contribution in [3.63, 3.8) is 0 Å². The number of halogens is 1. The molecule has 108 valence electrons. The first-order valence-electron chi connectivity index (χ1n) is 6.21. The molecule has 0 amide bonds. The predicted octanol–water partition coefficient (Wildman–Crippen LogP) is 2.34. The summed E-state index contributed by atoms with van der Waals surface area (Å²) in [6.07, 6.45) is 3.70. The number of aryl methyl sites for hydroxylation is 1. The van der Waals surface area contributed by atoms with Gasteiger partial charge in [-0.2, -0.15) is 0 Å². The van der Waals surface area contributed by atoms with Crippen molar-refractivity contribution in [2.45, 2.75) is 13.1 Å². The van der Waals surface area contributed by atoms with Gasteiger partial charge in [0.15, 0.2) is 5.96 Å². The maximum atomic E-state index is 6.00. The summed E-state index contributed by atoms with van der Waals surface area (Å²) in [6, 6.07) is 1.96. The van der Waals surface area contributed by atoms with Gasteiger partial charge in [0.05, 0.1) is 18.1 Å². The number of hydrogen-bond acceptors (Lipinski definition) is 3. The van der Waals surface area contributed by atoms with Crippen LogP contribution in [0.4, 0.5) is 0 Å². The van der Waals surface area contributed by atoms with Gasteiger partial charge >= 0.3 is 0 Å².